The number of benzene rings is 2. The summed E-state index contributed by atoms with van der Waals surface area (Å²) in [6.07, 6.45) is 2.32. The third-order valence-corrected chi connectivity index (χ3v) is 4.03. The zero-order chi connectivity index (χ0) is 18.5. The second kappa shape index (κ2) is 7.77. The number of rotatable bonds is 3. The normalized spacial score (nSPS) is 14.0. The van der Waals surface area contributed by atoms with Gasteiger partial charge in [-0.1, -0.05) is 12.1 Å². The van der Waals surface area contributed by atoms with E-state index in [0.29, 0.717) is 24.3 Å². The van der Waals surface area contributed by atoms with Crippen molar-refractivity contribution in [2.75, 3.05) is 22.1 Å². The fraction of sp³-hybridized carbons (Fsp3) is 0.211. The van der Waals surface area contributed by atoms with Crippen LogP contribution in [0.25, 0.3) is 0 Å². The van der Waals surface area contributed by atoms with Crippen LogP contribution in [0.5, 0.6) is 0 Å². The zero-order valence-corrected chi connectivity index (χ0v) is 14.0. The molecule has 2 aromatic rings. The number of carbonyl (C=O) groups excluding carboxylic acids is 3. The highest BCUT2D eigenvalue weighted by Gasteiger charge is 2.20. The summed E-state index contributed by atoms with van der Waals surface area (Å²) in [5, 5.41) is 4.82. The summed E-state index contributed by atoms with van der Waals surface area (Å²) in [7, 11) is 0. The van der Waals surface area contributed by atoms with Gasteiger partial charge in [0.15, 0.2) is 0 Å². The summed E-state index contributed by atoms with van der Waals surface area (Å²) in [4.78, 5) is 37.7. The van der Waals surface area contributed by atoms with E-state index in [9.17, 15) is 18.8 Å². The Morgan fingerprint density at radius 3 is 2.23 bits per heavy atom. The topological polar surface area (TPSA) is 78.5 Å². The summed E-state index contributed by atoms with van der Waals surface area (Å²) >= 11 is 0. The molecular weight excluding hydrogens is 337 g/mol. The van der Waals surface area contributed by atoms with Crippen LogP contribution < -0.4 is 15.5 Å². The Balaban J connectivity index is 1.66. The minimum absolute atomic E-state index is 0.0450. The van der Waals surface area contributed by atoms with Crippen LogP contribution in [-0.4, -0.2) is 24.3 Å². The molecule has 0 bridgehead atoms. The van der Waals surface area contributed by atoms with Crippen LogP contribution in [0.2, 0.25) is 0 Å². The monoisotopic (exact) mass is 355 g/mol. The summed E-state index contributed by atoms with van der Waals surface area (Å²) in [5.41, 5.74) is 1.27. The first-order valence-electron chi connectivity index (χ1n) is 8.31. The van der Waals surface area contributed by atoms with Gasteiger partial charge in [-0.05, 0) is 49.2 Å². The van der Waals surface area contributed by atoms with E-state index in [2.05, 4.69) is 10.6 Å². The number of anilines is 3. The Labute approximate surface area is 150 Å². The maximum absolute atomic E-state index is 13.1. The van der Waals surface area contributed by atoms with E-state index in [-0.39, 0.29) is 11.6 Å². The number of nitrogens with zero attached hydrogens (tertiary/aromatic N) is 1. The fourth-order valence-electron chi connectivity index (χ4n) is 2.77. The molecule has 26 heavy (non-hydrogen) atoms. The summed E-state index contributed by atoms with van der Waals surface area (Å²) in [6, 6.07) is 12.0. The summed E-state index contributed by atoms with van der Waals surface area (Å²) in [5.74, 6) is -2.25. The van der Waals surface area contributed by atoms with E-state index in [1.807, 2.05) is 0 Å². The van der Waals surface area contributed by atoms with Gasteiger partial charge in [0, 0.05) is 30.0 Å². The van der Waals surface area contributed by atoms with Crippen molar-refractivity contribution in [2.24, 2.45) is 0 Å². The van der Waals surface area contributed by atoms with E-state index in [1.54, 1.807) is 29.2 Å². The highest BCUT2D eigenvalue weighted by Crippen LogP contribution is 2.23. The first kappa shape index (κ1) is 17.6. The first-order chi connectivity index (χ1) is 12.5. The molecule has 7 heteroatoms. The van der Waals surface area contributed by atoms with Crippen molar-refractivity contribution in [3.63, 3.8) is 0 Å². The van der Waals surface area contributed by atoms with Gasteiger partial charge < -0.3 is 15.5 Å². The molecule has 0 saturated carbocycles. The number of carbonyl (C=O) groups is 3. The Morgan fingerprint density at radius 2 is 1.58 bits per heavy atom. The highest BCUT2D eigenvalue weighted by molar-refractivity contribution is 6.43. The van der Waals surface area contributed by atoms with Crippen LogP contribution in [0.15, 0.2) is 48.5 Å². The van der Waals surface area contributed by atoms with Gasteiger partial charge in [-0.15, -0.1) is 0 Å². The molecule has 0 spiro atoms. The van der Waals surface area contributed by atoms with Crippen LogP contribution in [0.4, 0.5) is 21.5 Å². The molecule has 134 valence electrons. The lowest BCUT2D eigenvalue weighted by atomic mass is 10.1. The van der Waals surface area contributed by atoms with Gasteiger partial charge in [0.1, 0.15) is 5.82 Å². The molecule has 2 N–H and O–H groups in total. The number of hydrogen-bond donors (Lipinski definition) is 2. The molecule has 3 amide bonds. The predicted octanol–water partition coefficient (Wildman–Crippen LogP) is 2.92. The average molecular weight is 355 g/mol. The van der Waals surface area contributed by atoms with Crippen LogP contribution >= 0.6 is 0 Å². The minimum atomic E-state index is -0.907. The number of piperidine rings is 1. The van der Waals surface area contributed by atoms with E-state index >= 15 is 0 Å². The van der Waals surface area contributed by atoms with E-state index in [0.717, 1.165) is 18.9 Å². The van der Waals surface area contributed by atoms with Gasteiger partial charge in [0.2, 0.25) is 5.91 Å². The van der Waals surface area contributed by atoms with Gasteiger partial charge in [-0.2, -0.15) is 0 Å². The van der Waals surface area contributed by atoms with Crippen molar-refractivity contribution < 1.29 is 18.8 Å². The van der Waals surface area contributed by atoms with Gasteiger partial charge in [0.05, 0.1) is 0 Å². The van der Waals surface area contributed by atoms with Gasteiger partial charge in [0.25, 0.3) is 0 Å². The van der Waals surface area contributed by atoms with Crippen molar-refractivity contribution in [1.82, 2.24) is 0 Å². The van der Waals surface area contributed by atoms with Crippen LogP contribution in [0.1, 0.15) is 19.3 Å². The van der Waals surface area contributed by atoms with E-state index < -0.39 is 17.6 Å². The molecule has 1 aliphatic rings. The van der Waals surface area contributed by atoms with E-state index in [1.165, 1.54) is 18.2 Å². The molecule has 1 fully saturated rings. The molecule has 0 radical (unpaired) electrons. The Bertz CT molecular complexity index is 853. The number of nitrogens with one attached hydrogen (secondary N) is 2. The van der Waals surface area contributed by atoms with Crippen molar-refractivity contribution in [2.45, 2.75) is 19.3 Å². The van der Waals surface area contributed by atoms with Gasteiger partial charge >= 0.3 is 11.8 Å². The molecule has 1 heterocycles. The zero-order valence-electron chi connectivity index (χ0n) is 14.0. The molecule has 0 unspecified atom stereocenters. The minimum Gasteiger partial charge on any atom is -0.318 e. The number of halogens is 1. The second-order valence-electron chi connectivity index (χ2n) is 5.97. The van der Waals surface area contributed by atoms with E-state index in [4.69, 9.17) is 0 Å². The van der Waals surface area contributed by atoms with Crippen molar-refractivity contribution >= 4 is 34.8 Å². The van der Waals surface area contributed by atoms with Crippen LogP contribution in [0.3, 0.4) is 0 Å². The molecule has 1 saturated heterocycles. The molecule has 0 aromatic heterocycles. The Kier molecular flexibility index (Phi) is 5.26. The largest absolute Gasteiger partial charge is 0.318 e. The van der Waals surface area contributed by atoms with Crippen LogP contribution in [-0.2, 0) is 14.4 Å². The number of hydrogen-bond acceptors (Lipinski definition) is 3. The number of amides is 3. The second-order valence-corrected chi connectivity index (χ2v) is 5.97. The lowest BCUT2D eigenvalue weighted by Crippen LogP contribution is -2.35. The fourth-order valence-corrected chi connectivity index (χ4v) is 2.77. The highest BCUT2D eigenvalue weighted by atomic mass is 19.1. The summed E-state index contributed by atoms with van der Waals surface area (Å²) < 4.78 is 13.1. The molecule has 0 aliphatic carbocycles. The smallest absolute Gasteiger partial charge is 0.314 e. The third kappa shape index (κ3) is 4.24. The molecule has 1 aliphatic heterocycles. The quantitative estimate of drug-likeness (QED) is 0.831. The Hall–Kier alpha value is -3.22. The Morgan fingerprint density at radius 1 is 0.923 bits per heavy atom. The standard InChI is InChI=1S/C19H18FN3O3/c20-13-5-3-6-14(11-13)21-18(25)19(26)22-15-7-4-8-16(12-15)23-10-2-1-9-17(23)24/h3-8,11-12H,1-2,9-10H2,(H,21,25)(H,22,26). The van der Waals surface area contributed by atoms with Gasteiger partial charge in [-0.3, -0.25) is 14.4 Å². The van der Waals surface area contributed by atoms with Crippen LogP contribution in [0, 0.1) is 5.82 Å². The maximum atomic E-state index is 13.1. The molecule has 6 nitrogen and oxygen atoms in total. The molecule has 0 atom stereocenters. The first-order valence-corrected chi connectivity index (χ1v) is 8.31. The van der Waals surface area contributed by atoms with Gasteiger partial charge in [-0.25, -0.2) is 4.39 Å². The lowest BCUT2D eigenvalue weighted by Gasteiger charge is -2.27. The lowest BCUT2D eigenvalue weighted by molar-refractivity contribution is -0.133. The molecule has 3 rings (SSSR count). The molecule has 2 aromatic carbocycles. The van der Waals surface area contributed by atoms with Crippen molar-refractivity contribution in [1.29, 1.82) is 0 Å². The SMILES string of the molecule is O=C(Nc1cccc(F)c1)C(=O)Nc1cccc(N2CCCCC2=O)c1. The van der Waals surface area contributed by atoms with Crippen molar-refractivity contribution in [3.05, 3.63) is 54.3 Å². The predicted molar refractivity (Wildman–Crippen MR) is 96.3 cm³/mol. The summed E-state index contributed by atoms with van der Waals surface area (Å²) in [6.45, 7) is 0.635. The van der Waals surface area contributed by atoms with Crippen molar-refractivity contribution in [3.8, 4) is 0 Å². The molecular formula is C19H18FN3O3. The third-order valence-electron chi connectivity index (χ3n) is 4.03. The average Bonchev–Trinajstić information content (AvgIpc) is 2.62. The maximum Gasteiger partial charge on any atom is 0.314 e.